The maximum atomic E-state index is 5.63. The number of fused-ring (bicyclic) bond motifs is 2. The van der Waals surface area contributed by atoms with Crippen LogP contribution in [-0.4, -0.2) is 89.1 Å². The van der Waals surface area contributed by atoms with Gasteiger partial charge in [-0.2, -0.15) is 10.1 Å². The third-order valence-electron chi connectivity index (χ3n) is 8.01. The van der Waals surface area contributed by atoms with E-state index >= 15 is 0 Å². The molecule has 3 aromatic heterocycles. The molecule has 7 rings (SSSR count). The van der Waals surface area contributed by atoms with E-state index in [1.54, 1.807) is 0 Å². The number of hydrogen-bond acceptors (Lipinski definition) is 8. The van der Waals surface area contributed by atoms with E-state index in [2.05, 4.69) is 66.1 Å². The molecule has 0 radical (unpaired) electrons. The van der Waals surface area contributed by atoms with Crippen LogP contribution in [0.5, 0.6) is 0 Å². The first-order valence-electron chi connectivity index (χ1n) is 13.2. The topological polar surface area (TPSA) is 62.6 Å². The van der Waals surface area contributed by atoms with Crippen molar-refractivity contribution in [3.8, 4) is 17.2 Å². The van der Waals surface area contributed by atoms with Crippen molar-refractivity contribution in [2.24, 2.45) is 11.8 Å². The van der Waals surface area contributed by atoms with Crippen molar-refractivity contribution in [2.45, 2.75) is 19.5 Å². The summed E-state index contributed by atoms with van der Waals surface area (Å²) >= 11 is 1.85. The van der Waals surface area contributed by atoms with Crippen molar-refractivity contribution in [2.75, 3.05) is 58.4 Å². The van der Waals surface area contributed by atoms with Gasteiger partial charge in [0.1, 0.15) is 0 Å². The second-order valence-corrected chi connectivity index (χ2v) is 12.0. The van der Waals surface area contributed by atoms with E-state index in [0.29, 0.717) is 5.95 Å². The standard InChI is InChI=1S/C28H33N7OS/c1-18-5-4-6-19(13-18)23-7-8-35(31-23)28-29-24-14-20(15-33-16-21-22(17-33)25(21)32(2)3)37-26(24)27(30-28)34-9-11-36-12-10-34/h4-8,13-14,21-22,25H,9-12,15-17H2,1-3H3. The number of ether oxygens (including phenoxy) is 1. The van der Waals surface area contributed by atoms with Gasteiger partial charge in [-0.3, -0.25) is 4.90 Å². The number of rotatable bonds is 6. The highest BCUT2D eigenvalue weighted by atomic mass is 32.1. The van der Waals surface area contributed by atoms with Crippen LogP contribution in [0, 0.1) is 18.8 Å². The lowest BCUT2D eigenvalue weighted by Gasteiger charge is -2.28. The second-order valence-electron chi connectivity index (χ2n) is 10.9. The van der Waals surface area contributed by atoms with Crippen LogP contribution in [0.25, 0.3) is 27.4 Å². The van der Waals surface area contributed by atoms with E-state index in [9.17, 15) is 0 Å². The Morgan fingerprint density at radius 2 is 1.86 bits per heavy atom. The van der Waals surface area contributed by atoms with Crippen LogP contribution in [0.2, 0.25) is 0 Å². The van der Waals surface area contributed by atoms with Gasteiger partial charge in [-0.1, -0.05) is 23.8 Å². The van der Waals surface area contributed by atoms with Gasteiger partial charge in [-0.15, -0.1) is 11.3 Å². The van der Waals surface area contributed by atoms with Crippen LogP contribution in [0.4, 0.5) is 5.82 Å². The largest absolute Gasteiger partial charge is 0.378 e. The summed E-state index contributed by atoms with van der Waals surface area (Å²) in [6.45, 7) is 8.62. The molecule has 0 bridgehead atoms. The number of likely N-dealkylation sites (tertiary alicyclic amines) is 1. The molecule has 192 valence electrons. The number of thiophene rings is 1. The van der Waals surface area contributed by atoms with E-state index in [0.717, 1.165) is 73.3 Å². The van der Waals surface area contributed by atoms with Crippen molar-refractivity contribution in [3.05, 3.63) is 53.0 Å². The lowest BCUT2D eigenvalue weighted by atomic mass is 10.1. The van der Waals surface area contributed by atoms with E-state index in [-0.39, 0.29) is 0 Å². The first-order chi connectivity index (χ1) is 18.0. The van der Waals surface area contributed by atoms with Crippen molar-refractivity contribution < 1.29 is 4.74 Å². The highest BCUT2D eigenvalue weighted by Gasteiger charge is 2.56. The summed E-state index contributed by atoms with van der Waals surface area (Å²) in [5, 5.41) is 4.85. The molecule has 1 saturated carbocycles. The predicted molar refractivity (Wildman–Crippen MR) is 147 cm³/mol. The molecule has 8 nitrogen and oxygen atoms in total. The number of morpholine rings is 1. The first-order valence-corrected chi connectivity index (χ1v) is 14.0. The quantitative estimate of drug-likeness (QED) is 0.388. The Balaban J connectivity index is 1.20. The number of piperidine rings is 1. The summed E-state index contributed by atoms with van der Waals surface area (Å²) in [6.07, 6.45) is 1.97. The molecule has 9 heteroatoms. The van der Waals surface area contributed by atoms with Gasteiger partial charge in [0.2, 0.25) is 0 Å². The first kappa shape index (κ1) is 23.3. The summed E-state index contributed by atoms with van der Waals surface area (Å²) < 4.78 is 8.62. The van der Waals surface area contributed by atoms with Crippen LogP contribution < -0.4 is 4.90 Å². The van der Waals surface area contributed by atoms with Gasteiger partial charge >= 0.3 is 0 Å². The Hall–Kier alpha value is -2.85. The van der Waals surface area contributed by atoms with Crippen molar-refractivity contribution in [1.82, 2.24) is 29.5 Å². The Labute approximate surface area is 221 Å². The molecule has 1 aromatic carbocycles. The summed E-state index contributed by atoms with van der Waals surface area (Å²) in [7, 11) is 4.43. The molecule has 3 fully saturated rings. The van der Waals surface area contributed by atoms with Gasteiger partial charge in [0.15, 0.2) is 5.82 Å². The van der Waals surface area contributed by atoms with Gasteiger partial charge in [-0.25, -0.2) is 9.67 Å². The van der Waals surface area contributed by atoms with Crippen LogP contribution in [-0.2, 0) is 11.3 Å². The molecular weight excluding hydrogens is 482 g/mol. The SMILES string of the molecule is Cc1cccc(-c2ccn(-c3nc(N4CCOCC4)c4sc(CN5CC6C(C5)C6N(C)C)cc4n3)n2)c1. The maximum Gasteiger partial charge on any atom is 0.253 e. The summed E-state index contributed by atoms with van der Waals surface area (Å²) in [5.41, 5.74) is 4.26. The number of nitrogens with zero attached hydrogens (tertiary/aromatic N) is 7. The molecular formula is C28H33N7OS. The predicted octanol–water partition coefficient (Wildman–Crippen LogP) is 3.68. The van der Waals surface area contributed by atoms with Gasteiger partial charge < -0.3 is 14.5 Å². The monoisotopic (exact) mass is 515 g/mol. The number of hydrogen-bond donors (Lipinski definition) is 0. The minimum Gasteiger partial charge on any atom is -0.378 e. The Morgan fingerprint density at radius 3 is 2.62 bits per heavy atom. The van der Waals surface area contributed by atoms with E-state index < -0.39 is 0 Å². The second kappa shape index (κ2) is 9.16. The molecule has 2 unspecified atom stereocenters. The Bertz CT molecular complexity index is 1430. The molecule has 3 aliphatic rings. The molecule has 2 saturated heterocycles. The molecule has 37 heavy (non-hydrogen) atoms. The maximum absolute atomic E-state index is 5.63. The molecule has 1 aliphatic carbocycles. The van der Waals surface area contributed by atoms with Crippen LogP contribution >= 0.6 is 11.3 Å². The summed E-state index contributed by atoms with van der Waals surface area (Å²) in [5.74, 6) is 3.29. The van der Waals surface area contributed by atoms with Crippen molar-refractivity contribution in [1.29, 1.82) is 0 Å². The lowest BCUT2D eigenvalue weighted by molar-refractivity contribution is 0.122. The van der Waals surface area contributed by atoms with Crippen LogP contribution in [0.3, 0.4) is 0 Å². The minimum absolute atomic E-state index is 0.619. The van der Waals surface area contributed by atoms with Crippen LogP contribution in [0.1, 0.15) is 10.4 Å². The van der Waals surface area contributed by atoms with Crippen molar-refractivity contribution >= 4 is 27.4 Å². The van der Waals surface area contributed by atoms with Crippen molar-refractivity contribution in [3.63, 3.8) is 0 Å². The highest BCUT2D eigenvalue weighted by molar-refractivity contribution is 7.19. The molecule has 5 heterocycles. The van der Waals surface area contributed by atoms with E-state index in [1.165, 1.54) is 28.2 Å². The fourth-order valence-electron chi connectivity index (χ4n) is 6.21. The molecule has 2 aliphatic heterocycles. The third kappa shape index (κ3) is 4.33. The number of aryl methyl sites for hydroxylation is 1. The Kier molecular flexibility index (Phi) is 5.77. The van der Waals surface area contributed by atoms with E-state index in [4.69, 9.17) is 19.8 Å². The smallest absolute Gasteiger partial charge is 0.253 e. The van der Waals surface area contributed by atoms with Gasteiger partial charge in [0.25, 0.3) is 5.95 Å². The third-order valence-corrected chi connectivity index (χ3v) is 9.12. The molecule has 4 aromatic rings. The van der Waals surface area contributed by atoms with E-state index in [1.807, 2.05) is 28.3 Å². The molecule has 0 N–H and O–H groups in total. The zero-order chi connectivity index (χ0) is 25.1. The molecule has 0 spiro atoms. The fraction of sp³-hybridized carbons (Fsp3) is 0.464. The summed E-state index contributed by atoms with van der Waals surface area (Å²) in [6, 6.07) is 13.5. The zero-order valence-corrected chi connectivity index (χ0v) is 22.5. The fourth-order valence-corrected chi connectivity index (χ4v) is 7.37. The van der Waals surface area contributed by atoms with Crippen LogP contribution in [0.15, 0.2) is 42.6 Å². The zero-order valence-electron chi connectivity index (χ0n) is 21.7. The average molecular weight is 516 g/mol. The normalized spacial score (nSPS) is 23.8. The van der Waals surface area contributed by atoms with Gasteiger partial charge in [-0.05, 0) is 51.1 Å². The highest BCUT2D eigenvalue weighted by Crippen LogP contribution is 2.48. The van der Waals surface area contributed by atoms with Gasteiger partial charge in [0.05, 0.1) is 29.1 Å². The number of anilines is 1. The average Bonchev–Trinajstić information content (AvgIpc) is 3.31. The Morgan fingerprint density at radius 1 is 1.05 bits per heavy atom. The molecule has 2 atom stereocenters. The van der Waals surface area contributed by atoms with Gasteiger partial charge in [0, 0.05) is 55.4 Å². The number of benzene rings is 1. The number of aromatic nitrogens is 4. The minimum atomic E-state index is 0.619. The summed E-state index contributed by atoms with van der Waals surface area (Å²) in [4.78, 5) is 18.8. The molecule has 0 amide bonds. The lowest BCUT2D eigenvalue weighted by Crippen LogP contribution is -2.37.